The zero-order valence-corrected chi connectivity index (χ0v) is 10.2. The van der Waals surface area contributed by atoms with Crippen LogP contribution in [0.3, 0.4) is 0 Å². The first kappa shape index (κ1) is 12.2. The Hall–Kier alpha value is -2.30. The lowest BCUT2D eigenvalue weighted by Crippen LogP contribution is -1.98. The number of nitrogen functional groups attached to an aromatic ring is 1. The van der Waals surface area contributed by atoms with E-state index in [2.05, 4.69) is 10.3 Å². The number of pyridine rings is 1. The fraction of sp³-hybridized carbons (Fsp3) is 0.154. The summed E-state index contributed by atoms with van der Waals surface area (Å²) >= 11 is 0. The van der Waals surface area contributed by atoms with E-state index in [4.69, 9.17) is 10.5 Å². The molecule has 0 unspecified atom stereocenters. The Kier molecular flexibility index (Phi) is 3.32. The molecule has 2 aromatic rings. The molecule has 0 atom stereocenters. The van der Waals surface area contributed by atoms with Gasteiger partial charge in [-0.3, -0.25) is 0 Å². The fourth-order valence-electron chi connectivity index (χ4n) is 1.52. The summed E-state index contributed by atoms with van der Waals surface area (Å²) in [5, 5.41) is 3.06. The van der Waals surface area contributed by atoms with Crippen molar-refractivity contribution in [3.05, 3.63) is 41.8 Å². The predicted molar refractivity (Wildman–Crippen MR) is 69.6 cm³/mol. The zero-order chi connectivity index (χ0) is 13.1. The molecule has 0 saturated carbocycles. The average Bonchev–Trinajstić information content (AvgIpc) is 2.36. The van der Waals surface area contributed by atoms with Crippen molar-refractivity contribution < 1.29 is 9.13 Å². The third kappa shape index (κ3) is 2.51. The summed E-state index contributed by atoms with van der Waals surface area (Å²) in [6.07, 6.45) is 1.58. The maximum Gasteiger partial charge on any atom is 0.165 e. The molecule has 0 aliphatic heterocycles. The van der Waals surface area contributed by atoms with Crippen LogP contribution in [0.2, 0.25) is 0 Å². The molecule has 0 amide bonds. The van der Waals surface area contributed by atoms with E-state index in [-0.39, 0.29) is 5.75 Å². The molecular weight excluding hydrogens is 233 g/mol. The number of aryl methyl sites for hydroxylation is 1. The standard InChI is InChI=1S/C13H14FN3O/c1-8-5-13(16-7-11(8)15)17-9-3-4-10(14)12(6-9)18-2/h3-7H,15H2,1-2H3,(H,16,17). The van der Waals surface area contributed by atoms with Gasteiger partial charge < -0.3 is 15.8 Å². The minimum Gasteiger partial charge on any atom is -0.494 e. The van der Waals surface area contributed by atoms with Gasteiger partial charge in [-0.1, -0.05) is 0 Å². The monoisotopic (exact) mass is 247 g/mol. The van der Waals surface area contributed by atoms with Crippen molar-refractivity contribution in [2.45, 2.75) is 6.92 Å². The summed E-state index contributed by atoms with van der Waals surface area (Å²) in [6, 6.07) is 6.35. The third-order valence-electron chi connectivity index (χ3n) is 2.57. The van der Waals surface area contributed by atoms with Crippen LogP contribution >= 0.6 is 0 Å². The van der Waals surface area contributed by atoms with Crippen molar-refractivity contribution in [3.63, 3.8) is 0 Å². The SMILES string of the molecule is COc1cc(Nc2cc(C)c(N)cn2)ccc1F. The van der Waals surface area contributed by atoms with Gasteiger partial charge >= 0.3 is 0 Å². The lowest BCUT2D eigenvalue weighted by molar-refractivity contribution is 0.387. The second-order valence-corrected chi connectivity index (χ2v) is 3.90. The number of hydrogen-bond acceptors (Lipinski definition) is 4. The number of aromatic nitrogens is 1. The van der Waals surface area contributed by atoms with Gasteiger partial charge in [-0.2, -0.15) is 0 Å². The molecule has 1 heterocycles. The molecule has 1 aromatic heterocycles. The number of anilines is 3. The van der Waals surface area contributed by atoms with Crippen LogP contribution in [0.25, 0.3) is 0 Å². The molecule has 4 nitrogen and oxygen atoms in total. The number of methoxy groups -OCH3 is 1. The summed E-state index contributed by atoms with van der Waals surface area (Å²) in [7, 11) is 1.42. The first-order valence-electron chi connectivity index (χ1n) is 5.43. The van der Waals surface area contributed by atoms with Crippen LogP contribution in [0.5, 0.6) is 5.75 Å². The van der Waals surface area contributed by atoms with E-state index in [9.17, 15) is 4.39 Å². The molecule has 0 fully saturated rings. The molecule has 1 aromatic carbocycles. The Morgan fingerprint density at radius 3 is 2.78 bits per heavy atom. The zero-order valence-electron chi connectivity index (χ0n) is 10.2. The highest BCUT2D eigenvalue weighted by Gasteiger charge is 2.04. The van der Waals surface area contributed by atoms with Crippen molar-refractivity contribution in [2.24, 2.45) is 0 Å². The summed E-state index contributed by atoms with van der Waals surface area (Å²) in [4.78, 5) is 4.14. The van der Waals surface area contributed by atoms with Gasteiger partial charge in [0.05, 0.1) is 19.0 Å². The van der Waals surface area contributed by atoms with Crippen LogP contribution < -0.4 is 15.8 Å². The number of halogens is 1. The maximum absolute atomic E-state index is 13.2. The van der Waals surface area contributed by atoms with Crippen LogP contribution in [-0.2, 0) is 0 Å². The van der Waals surface area contributed by atoms with E-state index < -0.39 is 5.82 Å². The quantitative estimate of drug-likeness (QED) is 0.875. The van der Waals surface area contributed by atoms with E-state index in [0.717, 1.165) is 5.56 Å². The molecule has 0 saturated heterocycles. The normalized spacial score (nSPS) is 10.2. The van der Waals surface area contributed by atoms with Gasteiger partial charge in [0.1, 0.15) is 5.82 Å². The largest absolute Gasteiger partial charge is 0.494 e. The Morgan fingerprint density at radius 1 is 1.33 bits per heavy atom. The Balaban J connectivity index is 2.25. The van der Waals surface area contributed by atoms with Gasteiger partial charge in [0.25, 0.3) is 0 Å². The van der Waals surface area contributed by atoms with Crippen LogP contribution in [0.15, 0.2) is 30.5 Å². The molecule has 0 bridgehead atoms. The maximum atomic E-state index is 13.2. The second-order valence-electron chi connectivity index (χ2n) is 3.90. The highest BCUT2D eigenvalue weighted by Crippen LogP contribution is 2.24. The molecule has 0 spiro atoms. The van der Waals surface area contributed by atoms with Gasteiger partial charge in [-0.05, 0) is 30.7 Å². The van der Waals surface area contributed by atoms with Crippen molar-refractivity contribution in [3.8, 4) is 5.75 Å². The average molecular weight is 247 g/mol. The molecular formula is C13H14FN3O. The molecule has 18 heavy (non-hydrogen) atoms. The predicted octanol–water partition coefficient (Wildman–Crippen LogP) is 2.86. The Labute approximate surface area is 105 Å². The topological polar surface area (TPSA) is 60.2 Å². The molecule has 0 aliphatic carbocycles. The van der Waals surface area contributed by atoms with E-state index >= 15 is 0 Å². The van der Waals surface area contributed by atoms with Gasteiger partial charge in [-0.15, -0.1) is 0 Å². The summed E-state index contributed by atoms with van der Waals surface area (Å²) in [6.45, 7) is 1.90. The lowest BCUT2D eigenvalue weighted by atomic mass is 10.2. The first-order valence-corrected chi connectivity index (χ1v) is 5.43. The van der Waals surface area contributed by atoms with Gasteiger partial charge in [-0.25, -0.2) is 9.37 Å². The molecule has 94 valence electrons. The van der Waals surface area contributed by atoms with Crippen molar-refractivity contribution >= 4 is 17.2 Å². The highest BCUT2D eigenvalue weighted by molar-refractivity contribution is 5.61. The van der Waals surface area contributed by atoms with Crippen LogP contribution in [0.1, 0.15) is 5.56 Å². The smallest absolute Gasteiger partial charge is 0.165 e. The van der Waals surface area contributed by atoms with Gasteiger partial charge in [0, 0.05) is 11.8 Å². The van der Waals surface area contributed by atoms with Crippen LogP contribution in [0, 0.1) is 12.7 Å². The molecule has 3 N–H and O–H groups in total. The number of nitrogens with two attached hydrogens (primary N) is 1. The minimum atomic E-state index is -0.399. The van der Waals surface area contributed by atoms with Gasteiger partial charge in [0.15, 0.2) is 11.6 Å². The molecule has 0 aliphatic rings. The summed E-state index contributed by atoms with van der Waals surface area (Å²) < 4.78 is 18.2. The Morgan fingerprint density at radius 2 is 2.11 bits per heavy atom. The molecule has 5 heteroatoms. The number of rotatable bonds is 3. The number of hydrogen-bond donors (Lipinski definition) is 2. The van der Waals surface area contributed by atoms with Crippen molar-refractivity contribution in [1.29, 1.82) is 0 Å². The van der Waals surface area contributed by atoms with Crippen LogP contribution in [-0.4, -0.2) is 12.1 Å². The second kappa shape index (κ2) is 4.91. The lowest BCUT2D eigenvalue weighted by Gasteiger charge is -2.09. The molecule has 0 radical (unpaired) electrons. The minimum absolute atomic E-state index is 0.187. The third-order valence-corrected chi connectivity index (χ3v) is 2.57. The summed E-state index contributed by atoms with van der Waals surface area (Å²) in [5.41, 5.74) is 7.96. The van der Waals surface area contributed by atoms with Crippen LogP contribution in [0.4, 0.5) is 21.6 Å². The number of nitrogens with zero attached hydrogens (tertiary/aromatic N) is 1. The number of benzene rings is 1. The van der Waals surface area contributed by atoms with Crippen molar-refractivity contribution in [2.75, 3.05) is 18.2 Å². The molecule has 2 rings (SSSR count). The van der Waals surface area contributed by atoms with E-state index in [1.54, 1.807) is 18.3 Å². The Bertz CT molecular complexity index is 572. The number of nitrogens with one attached hydrogen (secondary N) is 1. The van der Waals surface area contributed by atoms with Gasteiger partial charge in [0.2, 0.25) is 0 Å². The highest BCUT2D eigenvalue weighted by atomic mass is 19.1. The summed E-state index contributed by atoms with van der Waals surface area (Å²) in [5.74, 6) is 0.437. The van der Waals surface area contributed by atoms with E-state index in [1.807, 2.05) is 13.0 Å². The first-order chi connectivity index (χ1) is 8.60. The van der Waals surface area contributed by atoms with E-state index in [1.165, 1.54) is 13.2 Å². The number of ether oxygens (including phenoxy) is 1. The fourth-order valence-corrected chi connectivity index (χ4v) is 1.52. The van der Waals surface area contributed by atoms with Crippen molar-refractivity contribution in [1.82, 2.24) is 4.98 Å². The van der Waals surface area contributed by atoms with E-state index in [0.29, 0.717) is 17.2 Å².